The molecule has 1 atom stereocenters. The zero-order chi connectivity index (χ0) is 12.7. The Morgan fingerprint density at radius 3 is 2.94 bits per heavy atom. The lowest BCUT2D eigenvalue weighted by atomic mass is 10.3. The number of aliphatic hydroxyl groups is 1. The van der Waals surface area contributed by atoms with E-state index in [1.54, 1.807) is 32.2 Å². The van der Waals surface area contributed by atoms with Gasteiger partial charge < -0.3 is 20.5 Å². The van der Waals surface area contributed by atoms with Crippen LogP contribution in [-0.4, -0.2) is 37.3 Å². The van der Waals surface area contributed by atoms with Gasteiger partial charge in [0.1, 0.15) is 5.75 Å². The minimum Gasteiger partial charge on any atom is -0.497 e. The van der Waals surface area contributed by atoms with Gasteiger partial charge in [0.05, 0.1) is 20.3 Å². The predicted molar refractivity (Wildman–Crippen MR) is 66.2 cm³/mol. The zero-order valence-corrected chi connectivity index (χ0v) is 10.1. The van der Waals surface area contributed by atoms with Crippen molar-refractivity contribution in [2.75, 3.05) is 25.6 Å². The molecule has 17 heavy (non-hydrogen) atoms. The van der Waals surface area contributed by atoms with Crippen LogP contribution in [0.25, 0.3) is 0 Å². The summed E-state index contributed by atoms with van der Waals surface area (Å²) >= 11 is 0. The van der Waals surface area contributed by atoms with Crippen molar-refractivity contribution < 1.29 is 14.6 Å². The van der Waals surface area contributed by atoms with Gasteiger partial charge in [0.2, 0.25) is 5.91 Å². The van der Waals surface area contributed by atoms with Crippen LogP contribution in [0.15, 0.2) is 24.3 Å². The first-order chi connectivity index (χ1) is 8.15. The number of methoxy groups -OCH3 is 1. The number of anilines is 1. The number of benzene rings is 1. The molecular weight excluding hydrogens is 220 g/mol. The highest BCUT2D eigenvalue weighted by Gasteiger charge is 2.05. The topological polar surface area (TPSA) is 70.6 Å². The minimum absolute atomic E-state index is 0.00639. The number of hydrogen-bond acceptors (Lipinski definition) is 4. The van der Waals surface area contributed by atoms with E-state index in [-0.39, 0.29) is 25.1 Å². The molecule has 0 spiro atoms. The molecule has 0 fully saturated rings. The largest absolute Gasteiger partial charge is 0.497 e. The van der Waals surface area contributed by atoms with Crippen LogP contribution in [0.1, 0.15) is 6.92 Å². The summed E-state index contributed by atoms with van der Waals surface area (Å²) in [4.78, 5) is 11.5. The predicted octanol–water partition coefficient (Wildman–Crippen LogP) is 0.604. The van der Waals surface area contributed by atoms with Crippen molar-refractivity contribution in [3.63, 3.8) is 0 Å². The number of rotatable bonds is 6. The lowest BCUT2D eigenvalue weighted by molar-refractivity contribution is -0.115. The van der Waals surface area contributed by atoms with E-state index in [1.165, 1.54) is 0 Å². The molecule has 1 rings (SSSR count). The van der Waals surface area contributed by atoms with Crippen molar-refractivity contribution >= 4 is 11.6 Å². The number of carbonyl (C=O) groups excluding carboxylic acids is 1. The molecule has 0 aromatic heterocycles. The molecule has 0 radical (unpaired) electrons. The fraction of sp³-hybridized carbons (Fsp3) is 0.417. The zero-order valence-electron chi connectivity index (χ0n) is 10.1. The molecule has 5 heteroatoms. The highest BCUT2D eigenvalue weighted by Crippen LogP contribution is 2.16. The summed E-state index contributed by atoms with van der Waals surface area (Å²) in [6.45, 7) is 1.98. The molecule has 0 saturated carbocycles. The van der Waals surface area contributed by atoms with Crippen molar-refractivity contribution in [2.24, 2.45) is 0 Å². The molecule has 94 valence electrons. The maximum absolute atomic E-state index is 11.5. The third-order valence-corrected chi connectivity index (χ3v) is 2.24. The van der Waals surface area contributed by atoms with Crippen LogP contribution >= 0.6 is 0 Å². The van der Waals surface area contributed by atoms with E-state index in [4.69, 9.17) is 9.84 Å². The maximum Gasteiger partial charge on any atom is 0.238 e. The van der Waals surface area contributed by atoms with Crippen LogP contribution in [0.2, 0.25) is 0 Å². The van der Waals surface area contributed by atoms with Gasteiger partial charge in [0, 0.05) is 17.8 Å². The van der Waals surface area contributed by atoms with Crippen LogP contribution in [0.4, 0.5) is 5.69 Å². The second-order valence-corrected chi connectivity index (χ2v) is 3.74. The van der Waals surface area contributed by atoms with E-state index in [9.17, 15) is 4.79 Å². The summed E-state index contributed by atoms with van der Waals surface area (Å²) in [5.41, 5.74) is 0.688. The number of hydrogen-bond donors (Lipinski definition) is 3. The van der Waals surface area contributed by atoms with Crippen molar-refractivity contribution in [2.45, 2.75) is 13.0 Å². The number of aliphatic hydroxyl groups excluding tert-OH is 1. The van der Waals surface area contributed by atoms with E-state index in [2.05, 4.69) is 10.6 Å². The summed E-state index contributed by atoms with van der Waals surface area (Å²) in [6.07, 6.45) is 0. The van der Waals surface area contributed by atoms with Gasteiger partial charge in [-0.2, -0.15) is 0 Å². The van der Waals surface area contributed by atoms with Gasteiger partial charge in [-0.25, -0.2) is 0 Å². The standard InChI is InChI=1S/C12H18N2O3/c1-9(8-15)13-7-12(16)14-10-4-3-5-11(6-10)17-2/h3-6,9,13,15H,7-8H2,1-2H3,(H,14,16). The Balaban J connectivity index is 2.44. The molecule has 5 nitrogen and oxygen atoms in total. The van der Waals surface area contributed by atoms with Crippen LogP contribution in [0.3, 0.4) is 0 Å². The van der Waals surface area contributed by atoms with Crippen LogP contribution in [0, 0.1) is 0 Å². The van der Waals surface area contributed by atoms with Gasteiger partial charge >= 0.3 is 0 Å². The van der Waals surface area contributed by atoms with Crippen molar-refractivity contribution in [3.05, 3.63) is 24.3 Å². The summed E-state index contributed by atoms with van der Waals surface area (Å²) in [5.74, 6) is 0.540. The summed E-state index contributed by atoms with van der Waals surface area (Å²) in [7, 11) is 1.57. The van der Waals surface area contributed by atoms with E-state index >= 15 is 0 Å². The molecule has 3 N–H and O–H groups in total. The fourth-order valence-electron chi connectivity index (χ4n) is 1.24. The molecule has 1 aromatic rings. The van der Waals surface area contributed by atoms with Crippen LogP contribution in [0.5, 0.6) is 5.75 Å². The van der Waals surface area contributed by atoms with Gasteiger partial charge in [-0.3, -0.25) is 4.79 Å². The Morgan fingerprint density at radius 2 is 2.29 bits per heavy atom. The average molecular weight is 238 g/mol. The Hall–Kier alpha value is -1.59. The lowest BCUT2D eigenvalue weighted by Gasteiger charge is -2.11. The second-order valence-electron chi connectivity index (χ2n) is 3.74. The second kappa shape index (κ2) is 6.88. The van der Waals surface area contributed by atoms with E-state index < -0.39 is 0 Å². The summed E-state index contributed by atoms with van der Waals surface area (Å²) in [6, 6.07) is 7.05. The first-order valence-electron chi connectivity index (χ1n) is 5.44. The summed E-state index contributed by atoms with van der Waals surface area (Å²) < 4.78 is 5.05. The van der Waals surface area contributed by atoms with Gasteiger partial charge in [-0.1, -0.05) is 6.07 Å². The Morgan fingerprint density at radius 1 is 1.53 bits per heavy atom. The molecule has 0 bridgehead atoms. The van der Waals surface area contributed by atoms with E-state index in [1.807, 2.05) is 6.07 Å². The average Bonchev–Trinajstić information content (AvgIpc) is 2.36. The van der Waals surface area contributed by atoms with Gasteiger partial charge in [-0.05, 0) is 19.1 Å². The van der Waals surface area contributed by atoms with Gasteiger partial charge in [0.15, 0.2) is 0 Å². The molecule has 0 aliphatic rings. The monoisotopic (exact) mass is 238 g/mol. The summed E-state index contributed by atoms with van der Waals surface area (Å²) in [5, 5.41) is 14.4. The van der Waals surface area contributed by atoms with Gasteiger partial charge in [0.25, 0.3) is 0 Å². The minimum atomic E-state index is -0.154. The molecule has 1 amide bonds. The molecule has 0 heterocycles. The lowest BCUT2D eigenvalue weighted by Crippen LogP contribution is -2.36. The third-order valence-electron chi connectivity index (χ3n) is 2.24. The van der Waals surface area contributed by atoms with Crippen molar-refractivity contribution in [1.29, 1.82) is 0 Å². The van der Waals surface area contributed by atoms with E-state index in [0.717, 1.165) is 0 Å². The van der Waals surface area contributed by atoms with Crippen molar-refractivity contribution in [3.8, 4) is 5.75 Å². The Kier molecular flexibility index (Phi) is 5.45. The normalized spacial score (nSPS) is 11.9. The molecule has 1 aromatic carbocycles. The smallest absolute Gasteiger partial charge is 0.238 e. The number of nitrogens with one attached hydrogen (secondary N) is 2. The quantitative estimate of drug-likeness (QED) is 0.679. The molecule has 0 aliphatic heterocycles. The first-order valence-corrected chi connectivity index (χ1v) is 5.44. The molecule has 0 aliphatic carbocycles. The Bertz CT molecular complexity index is 369. The Labute approximate surface area is 101 Å². The van der Waals surface area contributed by atoms with E-state index in [0.29, 0.717) is 11.4 Å². The first kappa shape index (κ1) is 13.5. The number of ether oxygens (including phenoxy) is 1. The molecule has 0 saturated heterocycles. The highest BCUT2D eigenvalue weighted by molar-refractivity contribution is 5.92. The third kappa shape index (κ3) is 4.84. The van der Waals surface area contributed by atoms with Crippen LogP contribution in [-0.2, 0) is 4.79 Å². The highest BCUT2D eigenvalue weighted by atomic mass is 16.5. The van der Waals surface area contributed by atoms with Crippen molar-refractivity contribution in [1.82, 2.24) is 5.32 Å². The maximum atomic E-state index is 11.5. The SMILES string of the molecule is COc1cccc(NC(=O)CNC(C)CO)c1. The molecular formula is C12H18N2O3. The fourth-order valence-corrected chi connectivity index (χ4v) is 1.24. The number of carbonyl (C=O) groups is 1. The van der Waals surface area contributed by atoms with Crippen LogP contribution < -0.4 is 15.4 Å². The molecule has 1 unspecified atom stereocenters. The number of amides is 1. The van der Waals surface area contributed by atoms with Gasteiger partial charge in [-0.15, -0.1) is 0 Å².